The molecule has 0 atom stereocenters. The Morgan fingerprint density at radius 3 is 2.86 bits per heavy atom. The van der Waals surface area contributed by atoms with E-state index in [-0.39, 0.29) is 5.56 Å². The first-order valence-corrected chi connectivity index (χ1v) is 9.17. The van der Waals surface area contributed by atoms with Gasteiger partial charge in [-0.25, -0.2) is 0 Å². The molecule has 0 bridgehead atoms. The fourth-order valence-electron chi connectivity index (χ4n) is 4.26. The van der Waals surface area contributed by atoms with Gasteiger partial charge in [-0.15, -0.1) is 0 Å². The van der Waals surface area contributed by atoms with Crippen LogP contribution in [-0.4, -0.2) is 25.4 Å². The smallest absolute Gasteiger partial charge is 0.255 e. The molecule has 1 aromatic rings. The molecule has 0 saturated carbocycles. The molecule has 0 spiro atoms. The number of pyridine rings is 1. The lowest BCUT2D eigenvalue weighted by Crippen LogP contribution is -2.32. The van der Waals surface area contributed by atoms with Crippen molar-refractivity contribution in [1.82, 2.24) is 4.57 Å². The zero-order valence-corrected chi connectivity index (χ0v) is 15.9. The van der Waals surface area contributed by atoms with Gasteiger partial charge >= 0.3 is 0 Å². The van der Waals surface area contributed by atoms with E-state index in [2.05, 4.69) is 5.32 Å². The molecule has 1 aromatic heterocycles. The van der Waals surface area contributed by atoms with E-state index in [9.17, 15) is 4.79 Å². The summed E-state index contributed by atoms with van der Waals surface area (Å²) in [7, 11) is 3.24. The van der Waals surface area contributed by atoms with Crippen molar-refractivity contribution in [3.63, 3.8) is 0 Å². The molecule has 7 heteroatoms. The van der Waals surface area contributed by atoms with Gasteiger partial charge in [-0.2, -0.15) is 4.89 Å². The van der Waals surface area contributed by atoms with E-state index in [1.807, 2.05) is 25.3 Å². The van der Waals surface area contributed by atoms with Crippen LogP contribution < -0.4 is 10.9 Å². The SMILES string of the molecule is CCn1c2c(c3c(c1=O)CC1=C(OC)C(OC)=CC1=C3)NC=C1COOC=C12. The lowest BCUT2D eigenvalue weighted by Gasteiger charge is -2.30. The molecule has 0 radical (unpaired) electrons. The minimum Gasteiger partial charge on any atom is -0.493 e. The predicted octanol–water partition coefficient (Wildman–Crippen LogP) is 2.86. The van der Waals surface area contributed by atoms with Crippen LogP contribution in [0.5, 0.6) is 0 Å². The molecule has 0 unspecified atom stereocenters. The summed E-state index contributed by atoms with van der Waals surface area (Å²) in [5, 5.41) is 3.38. The molecular formula is C21H20N2O5. The second-order valence-corrected chi connectivity index (χ2v) is 6.87. The number of ether oxygens (including phenoxy) is 2. The maximum absolute atomic E-state index is 13.4. The lowest BCUT2D eigenvalue weighted by atomic mass is 9.86. The number of rotatable bonds is 3. The van der Waals surface area contributed by atoms with Crippen LogP contribution in [0.3, 0.4) is 0 Å². The van der Waals surface area contributed by atoms with Crippen molar-refractivity contribution in [3.8, 4) is 0 Å². The van der Waals surface area contributed by atoms with Gasteiger partial charge in [0, 0.05) is 47.0 Å². The highest BCUT2D eigenvalue weighted by Gasteiger charge is 2.34. The van der Waals surface area contributed by atoms with Crippen LogP contribution in [0.25, 0.3) is 11.6 Å². The second kappa shape index (κ2) is 6.17. The number of allylic oxidation sites excluding steroid dienone is 3. The maximum atomic E-state index is 13.4. The highest BCUT2D eigenvalue weighted by molar-refractivity contribution is 5.93. The first-order valence-electron chi connectivity index (χ1n) is 9.17. The van der Waals surface area contributed by atoms with Gasteiger partial charge in [0.25, 0.3) is 5.56 Å². The van der Waals surface area contributed by atoms with Crippen LogP contribution in [0.2, 0.25) is 0 Å². The summed E-state index contributed by atoms with van der Waals surface area (Å²) in [6.45, 7) is 2.85. The van der Waals surface area contributed by atoms with Gasteiger partial charge in [0.1, 0.15) is 12.9 Å². The van der Waals surface area contributed by atoms with E-state index in [1.54, 1.807) is 25.0 Å². The number of methoxy groups -OCH3 is 2. The zero-order valence-electron chi connectivity index (χ0n) is 15.9. The number of aromatic nitrogens is 1. The fourth-order valence-corrected chi connectivity index (χ4v) is 4.26. The molecule has 0 fully saturated rings. The van der Waals surface area contributed by atoms with Crippen LogP contribution in [0.1, 0.15) is 23.7 Å². The first-order chi connectivity index (χ1) is 13.7. The molecule has 0 saturated heterocycles. The summed E-state index contributed by atoms with van der Waals surface area (Å²) in [5.74, 6) is 1.37. The molecule has 2 aliphatic carbocycles. The molecule has 2 aliphatic heterocycles. The number of nitrogens with zero attached hydrogens (tertiary/aromatic N) is 1. The van der Waals surface area contributed by atoms with E-state index < -0.39 is 0 Å². The molecule has 5 rings (SSSR count). The normalized spacial score (nSPS) is 19.0. The Labute approximate surface area is 161 Å². The maximum Gasteiger partial charge on any atom is 0.255 e. The van der Waals surface area contributed by atoms with Gasteiger partial charge in [-0.05, 0) is 24.6 Å². The van der Waals surface area contributed by atoms with Crippen molar-refractivity contribution >= 4 is 17.3 Å². The third kappa shape index (κ3) is 2.16. The van der Waals surface area contributed by atoms with E-state index in [0.717, 1.165) is 44.8 Å². The number of anilines is 1. The summed E-state index contributed by atoms with van der Waals surface area (Å²) >= 11 is 0. The second-order valence-electron chi connectivity index (χ2n) is 6.87. The Hall–Kier alpha value is -3.19. The highest BCUT2D eigenvalue weighted by atomic mass is 17.2. The van der Waals surface area contributed by atoms with Crippen molar-refractivity contribution in [2.45, 2.75) is 19.9 Å². The summed E-state index contributed by atoms with van der Waals surface area (Å²) in [6.07, 6.45) is 7.96. The van der Waals surface area contributed by atoms with Gasteiger partial charge in [0.15, 0.2) is 11.5 Å². The molecule has 0 amide bonds. The average Bonchev–Trinajstić information content (AvgIpc) is 3.09. The van der Waals surface area contributed by atoms with Gasteiger partial charge in [0.05, 0.1) is 25.6 Å². The number of hydrogen-bond donors (Lipinski definition) is 1. The van der Waals surface area contributed by atoms with Gasteiger partial charge in [-0.1, -0.05) is 0 Å². The molecule has 7 nitrogen and oxygen atoms in total. The number of nitrogens with one attached hydrogen (secondary N) is 1. The standard InChI is InChI=1S/C21H20N2O5/c1-4-23-19-16-10-28-27-9-12(16)8-22-18(19)14-5-11-6-17(25-2)20(26-3)13(11)7-15(14)21(23)24/h5-6,8,10,22H,4,7,9H2,1-3H3. The fraction of sp³-hybridized carbons (Fsp3) is 0.286. The van der Waals surface area contributed by atoms with Crippen LogP contribution in [-0.2, 0) is 32.2 Å². The lowest BCUT2D eigenvalue weighted by molar-refractivity contribution is -0.244. The Bertz CT molecular complexity index is 1110. The van der Waals surface area contributed by atoms with E-state index in [4.69, 9.17) is 19.2 Å². The molecule has 1 N–H and O–H groups in total. The van der Waals surface area contributed by atoms with E-state index in [0.29, 0.717) is 31.1 Å². The minimum atomic E-state index is -0.00388. The van der Waals surface area contributed by atoms with Crippen molar-refractivity contribution in [2.75, 3.05) is 26.1 Å². The first kappa shape index (κ1) is 16.9. The zero-order chi connectivity index (χ0) is 19.4. The quantitative estimate of drug-likeness (QED) is 0.813. The summed E-state index contributed by atoms with van der Waals surface area (Å²) in [5.41, 5.74) is 7.19. The molecule has 4 aliphatic rings. The molecular weight excluding hydrogens is 360 g/mol. The van der Waals surface area contributed by atoms with Crippen molar-refractivity contribution in [1.29, 1.82) is 0 Å². The number of hydrogen-bond acceptors (Lipinski definition) is 6. The number of fused-ring (bicyclic) bond motifs is 6. The molecule has 3 heterocycles. The van der Waals surface area contributed by atoms with Gasteiger partial charge in [0.2, 0.25) is 0 Å². The Balaban J connectivity index is 1.79. The predicted molar refractivity (Wildman–Crippen MR) is 104 cm³/mol. The van der Waals surface area contributed by atoms with Crippen LogP contribution in [0, 0.1) is 0 Å². The monoisotopic (exact) mass is 380 g/mol. The van der Waals surface area contributed by atoms with Crippen LogP contribution >= 0.6 is 0 Å². The molecule has 28 heavy (non-hydrogen) atoms. The van der Waals surface area contributed by atoms with Crippen molar-refractivity contribution < 1.29 is 19.2 Å². The van der Waals surface area contributed by atoms with Crippen LogP contribution in [0.4, 0.5) is 5.69 Å². The third-order valence-electron chi connectivity index (χ3n) is 5.57. The Morgan fingerprint density at radius 1 is 1.25 bits per heavy atom. The van der Waals surface area contributed by atoms with E-state index in [1.165, 1.54) is 0 Å². The average molecular weight is 380 g/mol. The molecule has 144 valence electrons. The highest BCUT2D eigenvalue weighted by Crippen LogP contribution is 2.44. The summed E-state index contributed by atoms with van der Waals surface area (Å²) in [4.78, 5) is 23.5. The minimum absolute atomic E-state index is 0.00388. The summed E-state index contributed by atoms with van der Waals surface area (Å²) in [6, 6.07) is 0. The largest absolute Gasteiger partial charge is 0.493 e. The Morgan fingerprint density at radius 2 is 2.11 bits per heavy atom. The molecule has 0 aromatic carbocycles. The Kier molecular flexibility index (Phi) is 3.73. The van der Waals surface area contributed by atoms with Gasteiger partial charge < -0.3 is 24.2 Å². The van der Waals surface area contributed by atoms with Gasteiger partial charge in [-0.3, -0.25) is 4.79 Å². The summed E-state index contributed by atoms with van der Waals surface area (Å²) < 4.78 is 12.8. The topological polar surface area (TPSA) is 71.0 Å². The third-order valence-corrected chi connectivity index (χ3v) is 5.57. The van der Waals surface area contributed by atoms with E-state index >= 15 is 0 Å². The van der Waals surface area contributed by atoms with Crippen LogP contribution in [0.15, 0.2) is 51.6 Å². The van der Waals surface area contributed by atoms with Crippen molar-refractivity contribution in [2.24, 2.45) is 0 Å². The van der Waals surface area contributed by atoms with Crippen molar-refractivity contribution in [3.05, 3.63) is 74.0 Å².